The molecule has 0 aliphatic heterocycles. The third-order valence-corrected chi connectivity index (χ3v) is 4.25. The SMILES string of the molecule is CCc1cnccc1-c1cn(CC(C)C)nc1-c1ccc(F)c(C#N)c1. The summed E-state index contributed by atoms with van der Waals surface area (Å²) in [7, 11) is 0. The van der Waals surface area contributed by atoms with E-state index in [9.17, 15) is 4.39 Å². The van der Waals surface area contributed by atoms with Crippen LogP contribution < -0.4 is 0 Å². The average Bonchev–Trinajstić information content (AvgIpc) is 3.04. The molecule has 0 bridgehead atoms. The zero-order chi connectivity index (χ0) is 18.7. The molecule has 0 unspecified atom stereocenters. The van der Waals surface area contributed by atoms with Crippen LogP contribution in [0.1, 0.15) is 31.9 Å². The fourth-order valence-corrected chi connectivity index (χ4v) is 3.03. The zero-order valence-corrected chi connectivity index (χ0v) is 15.2. The second-order valence-corrected chi connectivity index (χ2v) is 6.70. The maximum absolute atomic E-state index is 13.7. The van der Waals surface area contributed by atoms with Gasteiger partial charge in [-0.1, -0.05) is 20.8 Å². The number of nitriles is 1. The molecule has 0 radical (unpaired) electrons. The Morgan fingerprint density at radius 2 is 2.04 bits per heavy atom. The highest BCUT2D eigenvalue weighted by atomic mass is 19.1. The van der Waals surface area contributed by atoms with E-state index in [1.165, 1.54) is 6.07 Å². The molecule has 26 heavy (non-hydrogen) atoms. The molecule has 0 atom stereocenters. The average molecular weight is 348 g/mol. The molecular formula is C21H21FN4. The van der Waals surface area contributed by atoms with Crippen LogP contribution in [0, 0.1) is 23.1 Å². The van der Waals surface area contributed by atoms with E-state index in [0.29, 0.717) is 5.92 Å². The second kappa shape index (κ2) is 7.49. The monoisotopic (exact) mass is 348 g/mol. The van der Waals surface area contributed by atoms with Crippen molar-refractivity contribution >= 4 is 0 Å². The molecule has 0 saturated heterocycles. The highest BCUT2D eigenvalue weighted by Crippen LogP contribution is 2.34. The van der Waals surface area contributed by atoms with Crippen LogP contribution in [-0.2, 0) is 13.0 Å². The normalized spacial score (nSPS) is 10.9. The van der Waals surface area contributed by atoms with Crippen LogP contribution in [-0.4, -0.2) is 14.8 Å². The van der Waals surface area contributed by atoms with E-state index < -0.39 is 5.82 Å². The molecule has 5 heteroatoms. The summed E-state index contributed by atoms with van der Waals surface area (Å²) in [6.45, 7) is 7.14. The van der Waals surface area contributed by atoms with Crippen molar-refractivity contribution in [1.29, 1.82) is 5.26 Å². The number of rotatable bonds is 5. The topological polar surface area (TPSA) is 54.5 Å². The van der Waals surface area contributed by atoms with Gasteiger partial charge in [-0.25, -0.2) is 4.39 Å². The maximum atomic E-state index is 13.7. The van der Waals surface area contributed by atoms with Gasteiger partial charge >= 0.3 is 0 Å². The lowest BCUT2D eigenvalue weighted by Crippen LogP contribution is -2.04. The number of hydrogen-bond donors (Lipinski definition) is 0. The Morgan fingerprint density at radius 1 is 1.23 bits per heavy atom. The van der Waals surface area contributed by atoms with Crippen LogP contribution in [0.5, 0.6) is 0 Å². The summed E-state index contributed by atoms with van der Waals surface area (Å²) in [6.07, 6.45) is 6.51. The van der Waals surface area contributed by atoms with Gasteiger partial charge in [0.15, 0.2) is 0 Å². The number of aryl methyl sites for hydroxylation is 1. The van der Waals surface area contributed by atoms with Crippen molar-refractivity contribution in [1.82, 2.24) is 14.8 Å². The van der Waals surface area contributed by atoms with Crippen LogP contribution in [0.2, 0.25) is 0 Å². The summed E-state index contributed by atoms with van der Waals surface area (Å²) in [5.41, 5.74) is 4.68. The van der Waals surface area contributed by atoms with Crippen molar-refractivity contribution < 1.29 is 4.39 Å². The molecule has 0 amide bonds. The third-order valence-electron chi connectivity index (χ3n) is 4.25. The van der Waals surface area contributed by atoms with Crippen LogP contribution >= 0.6 is 0 Å². The number of benzene rings is 1. The molecule has 1 aromatic carbocycles. The summed E-state index contributed by atoms with van der Waals surface area (Å²) in [6, 6.07) is 8.45. The predicted octanol–water partition coefficient (Wildman–Crippen LogP) is 4.84. The van der Waals surface area contributed by atoms with Crippen LogP contribution in [0.15, 0.2) is 42.9 Å². The molecule has 2 heterocycles. The summed E-state index contributed by atoms with van der Waals surface area (Å²) < 4.78 is 15.7. The molecule has 0 saturated carbocycles. The predicted molar refractivity (Wildman–Crippen MR) is 99.8 cm³/mol. The molecule has 2 aromatic heterocycles. The molecule has 3 rings (SSSR count). The van der Waals surface area contributed by atoms with Gasteiger partial charge in [0.25, 0.3) is 0 Å². The first-order chi connectivity index (χ1) is 12.5. The first kappa shape index (κ1) is 17.8. The van der Waals surface area contributed by atoms with E-state index >= 15 is 0 Å². The Morgan fingerprint density at radius 3 is 2.73 bits per heavy atom. The minimum absolute atomic E-state index is 0.0253. The Bertz CT molecular complexity index is 966. The van der Waals surface area contributed by atoms with Crippen molar-refractivity contribution in [3.8, 4) is 28.5 Å². The van der Waals surface area contributed by atoms with Gasteiger partial charge in [-0.05, 0) is 47.7 Å². The van der Waals surface area contributed by atoms with Crippen molar-refractivity contribution in [3.63, 3.8) is 0 Å². The lowest BCUT2D eigenvalue weighted by atomic mass is 9.97. The minimum Gasteiger partial charge on any atom is -0.271 e. The molecule has 0 aliphatic carbocycles. The molecule has 0 aliphatic rings. The smallest absolute Gasteiger partial charge is 0.140 e. The first-order valence-corrected chi connectivity index (χ1v) is 8.74. The maximum Gasteiger partial charge on any atom is 0.140 e. The van der Waals surface area contributed by atoms with E-state index in [4.69, 9.17) is 10.4 Å². The van der Waals surface area contributed by atoms with Crippen molar-refractivity contribution in [2.45, 2.75) is 33.7 Å². The van der Waals surface area contributed by atoms with E-state index in [0.717, 1.165) is 40.9 Å². The minimum atomic E-state index is -0.516. The van der Waals surface area contributed by atoms with E-state index in [-0.39, 0.29) is 5.56 Å². The standard InChI is InChI=1S/C21H21FN4/c1-4-15-11-24-8-7-18(15)19-13-26(12-14(2)3)25-21(19)16-5-6-20(22)17(9-16)10-23/h5-9,11,13-14H,4,12H2,1-3H3. The largest absolute Gasteiger partial charge is 0.271 e. The Balaban J connectivity index is 2.21. The summed E-state index contributed by atoms with van der Waals surface area (Å²) >= 11 is 0. The van der Waals surface area contributed by atoms with Gasteiger partial charge in [0.1, 0.15) is 17.6 Å². The third kappa shape index (κ3) is 3.50. The van der Waals surface area contributed by atoms with E-state index in [1.54, 1.807) is 18.3 Å². The molecular weight excluding hydrogens is 327 g/mol. The van der Waals surface area contributed by atoms with Gasteiger partial charge < -0.3 is 0 Å². The number of halogens is 1. The van der Waals surface area contributed by atoms with E-state index in [1.807, 2.05) is 29.2 Å². The molecule has 132 valence electrons. The lowest BCUT2D eigenvalue weighted by molar-refractivity contribution is 0.484. The van der Waals surface area contributed by atoms with Gasteiger partial charge in [-0.3, -0.25) is 9.67 Å². The summed E-state index contributed by atoms with van der Waals surface area (Å²) in [4.78, 5) is 4.22. The zero-order valence-electron chi connectivity index (χ0n) is 15.2. The number of pyridine rings is 1. The second-order valence-electron chi connectivity index (χ2n) is 6.70. The highest BCUT2D eigenvalue weighted by Gasteiger charge is 2.17. The van der Waals surface area contributed by atoms with Gasteiger partial charge in [0.2, 0.25) is 0 Å². The van der Waals surface area contributed by atoms with E-state index in [2.05, 4.69) is 25.8 Å². The fraction of sp³-hybridized carbons (Fsp3) is 0.286. The number of nitrogens with zero attached hydrogens (tertiary/aromatic N) is 4. The molecule has 0 spiro atoms. The first-order valence-electron chi connectivity index (χ1n) is 8.74. The molecule has 0 fully saturated rings. The fourth-order valence-electron chi connectivity index (χ4n) is 3.03. The quantitative estimate of drug-likeness (QED) is 0.663. The molecule has 0 N–H and O–H groups in total. The Labute approximate surface area is 152 Å². The van der Waals surface area contributed by atoms with Crippen LogP contribution in [0.3, 0.4) is 0 Å². The Hall–Kier alpha value is -3.00. The van der Waals surface area contributed by atoms with Crippen molar-refractivity contribution in [2.75, 3.05) is 0 Å². The van der Waals surface area contributed by atoms with Gasteiger partial charge in [-0.2, -0.15) is 10.4 Å². The van der Waals surface area contributed by atoms with Crippen LogP contribution in [0.25, 0.3) is 22.4 Å². The molecule has 3 aromatic rings. The van der Waals surface area contributed by atoms with Gasteiger partial charge in [-0.15, -0.1) is 0 Å². The van der Waals surface area contributed by atoms with Crippen molar-refractivity contribution in [3.05, 3.63) is 59.8 Å². The highest BCUT2D eigenvalue weighted by molar-refractivity contribution is 5.82. The van der Waals surface area contributed by atoms with Crippen molar-refractivity contribution in [2.24, 2.45) is 5.92 Å². The molecule has 4 nitrogen and oxygen atoms in total. The lowest BCUT2D eigenvalue weighted by Gasteiger charge is -2.08. The van der Waals surface area contributed by atoms with Gasteiger partial charge in [0, 0.05) is 36.3 Å². The van der Waals surface area contributed by atoms with Crippen LogP contribution in [0.4, 0.5) is 4.39 Å². The number of aromatic nitrogens is 3. The summed E-state index contributed by atoms with van der Waals surface area (Å²) in [5, 5.41) is 13.9. The Kier molecular flexibility index (Phi) is 5.13. The summed E-state index contributed by atoms with van der Waals surface area (Å²) in [5.74, 6) is -0.0702. The van der Waals surface area contributed by atoms with Gasteiger partial charge in [0.05, 0.1) is 5.56 Å². The number of hydrogen-bond acceptors (Lipinski definition) is 3.